The Morgan fingerprint density at radius 3 is 1.98 bits per heavy atom. The molecule has 4 bridgehead atoms. The number of carbonyl (C=O) groups is 1. The fourth-order valence-electron chi connectivity index (χ4n) is 6.77. The monoisotopic (exact) mass is 661 g/mol. The standard InChI is InChI=1S/C19H16IO2.C14H20F2O2/c21-18-10-6-15(7-11-18)14-22-19-12-8-17(9-13-19)20-16-4-2-1-3-5-16;1-13(15,16)12(17)18-8-14-5-9-2-10(6-14)4-11(3-9)7-14/h1-13,21H,14H2;9-11H,2-8H2,1H3/q-1;. The van der Waals surface area contributed by atoms with E-state index < -0.39 is 11.9 Å². The minimum absolute atomic E-state index is 0.0235. The van der Waals surface area contributed by atoms with Crippen molar-refractivity contribution in [2.75, 3.05) is 6.61 Å². The maximum absolute atomic E-state index is 12.8. The van der Waals surface area contributed by atoms with Crippen LogP contribution in [0, 0.1) is 30.3 Å². The van der Waals surface area contributed by atoms with Crippen LogP contribution in [-0.4, -0.2) is 23.6 Å². The first kappa shape index (κ1) is 28.8. The van der Waals surface area contributed by atoms with E-state index in [1.807, 2.05) is 30.3 Å². The van der Waals surface area contributed by atoms with Crippen molar-refractivity contribution in [2.45, 2.75) is 58.0 Å². The van der Waals surface area contributed by atoms with E-state index >= 15 is 0 Å². The third kappa shape index (κ3) is 7.74. The first-order valence-corrected chi connectivity index (χ1v) is 16.1. The van der Waals surface area contributed by atoms with Gasteiger partial charge >= 0.3 is 153 Å². The van der Waals surface area contributed by atoms with E-state index in [0.29, 0.717) is 13.5 Å². The predicted molar refractivity (Wildman–Crippen MR) is 145 cm³/mol. The van der Waals surface area contributed by atoms with E-state index in [1.54, 1.807) is 12.1 Å². The first-order chi connectivity index (χ1) is 19.2. The number of benzene rings is 3. The number of halogens is 3. The van der Waals surface area contributed by atoms with Crippen LogP contribution in [-0.2, 0) is 16.1 Å². The van der Waals surface area contributed by atoms with Crippen molar-refractivity contribution in [3.05, 3.63) is 91.6 Å². The number of aromatic hydroxyl groups is 1. The molecule has 0 atom stereocenters. The number of phenols is 1. The molecule has 40 heavy (non-hydrogen) atoms. The Balaban J connectivity index is 0.000000164. The van der Waals surface area contributed by atoms with Gasteiger partial charge in [-0.05, 0) is 56.3 Å². The number of hydrogen-bond donors (Lipinski definition) is 1. The van der Waals surface area contributed by atoms with Crippen molar-refractivity contribution in [1.82, 2.24) is 0 Å². The Hall–Kier alpha value is -2.68. The molecule has 1 N–H and O–H groups in total. The van der Waals surface area contributed by atoms with Crippen molar-refractivity contribution in [1.29, 1.82) is 0 Å². The summed E-state index contributed by atoms with van der Waals surface area (Å²) in [7, 11) is 0. The molecule has 7 rings (SSSR count). The molecule has 4 aliphatic rings. The summed E-state index contributed by atoms with van der Waals surface area (Å²) in [5.41, 5.74) is 1.06. The Morgan fingerprint density at radius 2 is 1.43 bits per heavy atom. The molecule has 0 aromatic heterocycles. The minimum atomic E-state index is -3.36. The van der Waals surface area contributed by atoms with Gasteiger partial charge in [0.1, 0.15) is 0 Å². The number of carbonyl (C=O) groups excluding carboxylic acids is 1. The molecular weight excluding hydrogens is 625 g/mol. The predicted octanol–water partition coefficient (Wildman–Crippen LogP) is 4.50. The SMILES string of the molecule is CC(F)(F)C(=O)OCC12CC3CC(CC(C3)C1)C2.Oc1ccc(COc2ccc([I-]c3ccccc3)cc2)cc1. The van der Waals surface area contributed by atoms with Gasteiger partial charge in [-0.3, -0.25) is 0 Å². The van der Waals surface area contributed by atoms with Gasteiger partial charge < -0.3 is 4.74 Å². The summed E-state index contributed by atoms with van der Waals surface area (Å²) in [5.74, 6) is -1.33. The summed E-state index contributed by atoms with van der Waals surface area (Å²) in [4.78, 5) is 11.2. The Labute approximate surface area is 245 Å². The topological polar surface area (TPSA) is 55.8 Å². The van der Waals surface area contributed by atoms with Gasteiger partial charge in [-0.1, -0.05) is 0 Å². The third-order valence-corrected chi connectivity index (χ3v) is 10.8. The van der Waals surface area contributed by atoms with Gasteiger partial charge in [0.2, 0.25) is 0 Å². The first-order valence-electron chi connectivity index (χ1n) is 13.9. The zero-order valence-electron chi connectivity index (χ0n) is 22.7. The number of ether oxygens (including phenoxy) is 2. The summed E-state index contributed by atoms with van der Waals surface area (Å²) in [6.07, 6.45) is 7.12. The molecule has 4 nitrogen and oxygen atoms in total. The van der Waals surface area contributed by atoms with Gasteiger partial charge in [0.05, 0.1) is 6.61 Å². The normalized spacial score (nSPS) is 24.7. The van der Waals surface area contributed by atoms with Crippen LogP contribution in [0.25, 0.3) is 0 Å². The second-order valence-electron chi connectivity index (χ2n) is 11.7. The van der Waals surface area contributed by atoms with Crippen LogP contribution in [0.3, 0.4) is 0 Å². The molecule has 0 radical (unpaired) electrons. The van der Waals surface area contributed by atoms with E-state index in [4.69, 9.17) is 9.47 Å². The van der Waals surface area contributed by atoms with Gasteiger partial charge in [0.25, 0.3) is 0 Å². The summed E-state index contributed by atoms with van der Waals surface area (Å²) >= 11 is -0.126. The molecular formula is C33H36F2IO4-. The van der Waals surface area contributed by atoms with E-state index in [-0.39, 0.29) is 39.0 Å². The molecule has 4 saturated carbocycles. The molecule has 0 spiro atoms. The van der Waals surface area contributed by atoms with Crippen LogP contribution in [0.1, 0.15) is 51.0 Å². The van der Waals surface area contributed by atoms with Crippen LogP contribution in [0.5, 0.6) is 11.5 Å². The number of phenolic OH excluding ortho intramolecular Hbond substituents is 1. The zero-order valence-corrected chi connectivity index (χ0v) is 24.9. The molecule has 4 fully saturated rings. The summed E-state index contributed by atoms with van der Waals surface area (Å²) in [6, 6.07) is 26.0. The Morgan fingerprint density at radius 1 is 0.875 bits per heavy atom. The van der Waals surface area contributed by atoms with Crippen molar-refractivity contribution in [3.8, 4) is 11.5 Å². The van der Waals surface area contributed by atoms with Crippen molar-refractivity contribution >= 4 is 5.97 Å². The van der Waals surface area contributed by atoms with E-state index in [1.165, 1.54) is 26.4 Å². The molecule has 7 heteroatoms. The van der Waals surface area contributed by atoms with Gasteiger partial charge in [-0.25, -0.2) is 4.79 Å². The van der Waals surface area contributed by atoms with Crippen LogP contribution < -0.4 is 25.9 Å². The second kappa shape index (κ2) is 12.5. The van der Waals surface area contributed by atoms with Gasteiger partial charge in [-0.2, -0.15) is 8.78 Å². The van der Waals surface area contributed by atoms with Crippen LogP contribution >= 0.6 is 0 Å². The van der Waals surface area contributed by atoms with E-state index in [0.717, 1.165) is 48.3 Å². The van der Waals surface area contributed by atoms with Gasteiger partial charge in [0, 0.05) is 12.3 Å². The van der Waals surface area contributed by atoms with Crippen molar-refractivity contribution in [3.63, 3.8) is 0 Å². The fourth-order valence-corrected chi connectivity index (χ4v) is 8.98. The van der Waals surface area contributed by atoms with Crippen LogP contribution in [0.4, 0.5) is 8.78 Å². The van der Waals surface area contributed by atoms with Gasteiger partial charge in [-0.15, -0.1) is 0 Å². The van der Waals surface area contributed by atoms with Crippen molar-refractivity contribution < 1.29 is 49.4 Å². The number of esters is 1. The zero-order chi connectivity index (χ0) is 28.2. The Bertz CT molecular complexity index is 1220. The van der Waals surface area contributed by atoms with E-state index in [9.17, 15) is 18.7 Å². The molecule has 3 aromatic rings. The van der Waals surface area contributed by atoms with Crippen LogP contribution in [0.15, 0.2) is 78.9 Å². The molecule has 0 unspecified atom stereocenters. The van der Waals surface area contributed by atoms with E-state index in [2.05, 4.69) is 36.4 Å². The number of alkyl halides is 2. The van der Waals surface area contributed by atoms with Crippen molar-refractivity contribution in [2.24, 2.45) is 23.2 Å². The quantitative estimate of drug-likeness (QED) is 0.286. The second-order valence-corrected chi connectivity index (χ2v) is 14.7. The summed E-state index contributed by atoms with van der Waals surface area (Å²) < 4.78 is 39.1. The third-order valence-electron chi connectivity index (χ3n) is 8.14. The molecule has 4 aliphatic carbocycles. The molecule has 0 aliphatic heterocycles. The molecule has 0 amide bonds. The van der Waals surface area contributed by atoms with Crippen LogP contribution in [0.2, 0.25) is 0 Å². The maximum atomic E-state index is 12.8. The summed E-state index contributed by atoms with van der Waals surface area (Å²) in [5, 5.41) is 9.26. The molecule has 3 aromatic carbocycles. The fraction of sp³-hybridized carbons (Fsp3) is 0.424. The molecule has 214 valence electrons. The molecule has 0 saturated heterocycles. The summed E-state index contributed by atoms with van der Waals surface area (Å²) in [6.45, 7) is 1.32. The average Bonchev–Trinajstić information content (AvgIpc) is 2.92. The average molecular weight is 662 g/mol. The Kier molecular flexibility index (Phi) is 8.98. The molecule has 0 heterocycles. The number of hydrogen-bond acceptors (Lipinski definition) is 4. The number of rotatable bonds is 8. The van der Waals surface area contributed by atoms with Gasteiger partial charge in [0.15, 0.2) is 0 Å².